The molecule has 10 heteroatoms. The molecule has 1 amide bonds. The van der Waals surface area contributed by atoms with Crippen LogP contribution in [0.2, 0.25) is 0 Å². The zero-order chi connectivity index (χ0) is 23.7. The first kappa shape index (κ1) is 21.5. The van der Waals surface area contributed by atoms with E-state index in [1.165, 1.54) is 0 Å². The van der Waals surface area contributed by atoms with Crippen molar-refractivity contribution in [2.45, 2.75) is 19.8 Å². The summed E-state index contributed by atoms with van der Waals surface area (Å²) in [6.07, 6.45) is 3.75. The monoisotopic (exact) mass is 460 g/mol. The van der Waals surface area contributed by atoms with E-state index in [1.54, 1.807) is 49.7 Å². The summed E-state index contributed by atoms with van der Waals surface area (Å²) in [5, 5.41) is 6.42. The summed E-state index contributed by atoms with van der Waals surface area (Å²) in [4.78, 5) is 37.8. The number of oxazole rings is 1. The van der Waals surface area contributed by atoms with Gasteiger partial charge in [0, 0.05) is 47.9 Å². The molecule has 3 heterocycles. The highest BCUT2D eigenvalue weighted by Crippen LogP contribution is 2.27. The Kier molecular flexibility index (Phi) is 5.62. The summed E-state index contributed by atoms with van der Waals surface area (Å²) in [5.74, 6) is 1.01. The van der Waals surface area contributed by atoms with Crippen molar-refractivity contribution in [3.05, 3.63) is 64.3 Å². The molecular weight excluding hydrogens is 436 g/mol. The van der Waals surface area contributed by atoms with Crippen molar-refractivity contribution >= 4 is 40.1 Å². The molecule has 0 unspecified atom stereocenters. The third-order valence-electron chi connectivity index (χ3n) is 5.69. The van der Waals surface area contributed by atoms with Gasteiger partial charge in [0.25, 0.3) is 5.91 Å². The van der Waals surface area contributed by atoms with E-state index in [0.29, 0.717) is 39.9 Å². The molecule has 10 nitrogen and oxygen atoms in total. The zero-order valence-electron chi connectivity index (χ0n) is 18.8. The van der Waals surface area contributed by atoms with Crippen LogP contribution in [0.3, 0.4) is 0 Å². The summed E-state index contributed by atoms with van der Waals surface area (Å²) >= 11 is 0. The van der Waals surface area contributed by atoms with Gasteiger partial charge in [-0.2, -0.15) is 4.98 Å². The molecule has 174 valence electrons. The molecule has 0 atom stereocenters. The lowest BCUT2D eigenvalue weighted by Gasteiger charge is -2.17. The van der Waals surface area contributed by atoms with Crippen molar-refractivity contribution in [2.75, 3.05) is 30.8 Å². The van der Waals surface area contributed by atoms with E-state index in [9.17, 15) is 9.59 Å². The van der Waals surface area contributed by atoms with Gasteiger partial charge in [-0.3, -0.25) is 9.78 Å². The van der Waals surface area contributed by atoms with E-state index in [1.807, 2.05) is 11.8 Å². The van der Waals surface area contributed by atoms with Gasteiger partial charge in [-0.1, -0.05) is 0 Å². The van der Waals surface area contributed by atoms with Gasteiger partial charge in [-0.05, 0) is 50.1 Å². The van der Waals surface area contributed by atoms with Gasteiger partial charge in [0.05, 0.1) is 12.6 Å². The normalized spacial score (nSPS) is 13.3. The third kappa shape index (κ3) is 4.42. The van der Waals surface area contributed by atoms with Crippen LogP contribution >= 0.6 is 0 Å². The van der Waals surface area contributed by atoms with Crippen LogP contribution in [0.15, 0.2) is 51.8 Å². The molecule has 0 saturated carbocycles. The lowest BCUT2D eigenvalue weighted by molar-refractivity contribution is 0.0792. The van der Waals surface area contributed by atoms with E-state index in [4.69, 9.17) is 9.15 Å². The van der Waals surface area contributed by atoms with Crippen LogP contribution in [0.25, 0.3) is 11.1 Å². The van der Waals surface area contributed by atoms with Crippen LogP contribution in [0.1, 0.15) is 28.8 Å². The summed E-state index contributed by atoms with van der Waals surface area (Å²) in [6.45, 7) is 3.43. The Labute approximate surface area is 195 Å². The van der Waals surface area contributed by atoms with Gasteiger partial charge >= 0.3 is 5.76 Å². The van der Waals surface area contributed by atoms with Crippen LogP contribution in [-0.2, 0) is 0 Å². The second kappa shape index (κ2) is 8.89. The minimum atomic E-state index is -0.502. The molecular formula is C24H24N6O4. The number of methoxy groups -OCH3 is 1. The Morgan fingerprint density at radius 3 is 2.74 bits per heavy atom. The molecule has 1 fully saturated rings. The highest BCUT2D eigenvalue weighted by Gasteiger charge is 2.20. The van der Waals surface area contributed by atoms with Crippen LogP contribution < -0.4 is 21.1 Å². The number of anilines is 4. The number of aromatic amines is 1. The van der Waals surface area contributed by atoms with Gasteiger partial charge in [-0.25, -0.2) is 9.78 Å². The number of nitrogens with one attached hydrogen (secondary N) is 3. The molecule has 0 aliphatic carbocycles. The Morgan fingerprint density at radius 2 is 1.94 bits per heavy atom. The number of ether oxygens (including phenoxy) is 1. The molecule has 0 spiro atoms. The molecule has 0 radical (unpaired) electrons. The fourth-order valence-corrected chi connectivity index (χ4v) is 3.94. The number of amides is 1. The lowest BCUT2D eigenvalue weighted by atomic mass is 10.1. The number of likely N-dealkylation sites (tertiary alicyclic amines) is 1. The standard InChI is InChI=1S/C24H24N6O4/c1-14-13-25-23(29-21(14)26-16-5-6-20-19(12-16)28-24(32)34-20)27-17-9-15(10-18(11-17)33-2)22(31)30-7-3-4-8-30/h5-6,9-13H,3-4,7-8H2,1-2H3,(H,28,32)(H2,25,26,27,29). The Hall–Kier alpha value is -4.34. The van der Waals surface area contributed by atoms with E-state index in [2.05, 4.69) is 25.6 Å². The molecule has 2 aromatic heterocycles. The second-order valence-corrected chi connectivity index (χ2v) is 8.15. The summed E-state index contributed by atoms with van der Waals surface area (Å²) in [6, 6.07) is 10.6. The molecule has 1 aliphatic heterocycles. The largest absolute Gasteiger partial charge is 0.497 e. The predicted molar refractivity (Wildman–Crippen MR) is 128 cm³/mol. The van der Waals surface area contributed by atoms with Crippen LogP contribution in [0.5, 0.6) is 5.75 Å². The SMILES string of the molecule is COc1cc(Nc2ncc(C)c(Nc3ccc4oc(=O)[nH]c4c3)n2)cc(C(=O)N2CCCC2)c1. The van der Waals surface area contributed by atoms with E-state index < -0.39 is 5.76 Å². The van der Waals surface area contributed by atoms with Crippen LogP contribution in [0.4, 0.5) is 23.1 Å². The molecule has 5 rings (SSSR count). The molecule has 1 saturated heterocycles. The first-order valence-electron chi connectivity index (χ1n) is 11.0. The number of hydrogen-bond donors (Lipinski definition) is 3. The van der Waals surface area contributed by atoms with Crippen LogP contribution in [-0.4, -0.2) is 46.0 Å². The average Bonchev–Trinajstić information content (AvgIpc) is 3.49. The summed E-state index contributed by atoms with van der Waals surface area (Å²) in [7, 11) is 1.57. The van der Waals surface area contributed by atoms with E-state index in [0.717, 1.165) is 37.2 Å². The fourth-order valence-electron chi connectivity index (χ4n) is 3.94. The van der Waals surface area contributed by atoms with Gasteiger partial charge in [0.1, 0.15) is 11.6 Å². The number of rotatable bonds is 6. The quantitative estimate of drug-likeness (QED) is 0.395. The summed E-state index contributed by atoms with van der Waals surface area (Å²) in [5.41, 5.74) is 3.84. The van der Waals surface area contributed by atoms with E-state index in [-0.39, 0.29) is 5.91 Å². The lowest BCUT2D eigenvalue weighted by Crippen LogP contribution is -2.27. The van der Waals surface area contributed by atoms with Gasteiger partial charge in [-0.15, -0.1) is 0 Å². The number of H-pyrrole nitrogens is 1. The molecule has 2 aromatic carbocycles. The smallest absolute Gasteiger partial charge is 0.417 e. The maximum absolute atomic E-state index is 12.9. The molecule has 1 aliphatic rings. The highest BCUT2D eigenvalue weighted by atomic mass is 16.5. The zero-order valence-corrected chi connectivity index (χ0v) is 18.8. The van der Waals surface area contributed by atoms with E-state index >= 15 is 0 Å². The first-order chi connectivity index (χ1) is 16.5. The van der Waals surface area contributed by atoms with Crippen molar-refractivity contribution in [1.29, 1.82) is 0 Å². The Morgan fingerprint density at radius 1 is 1.12 bits per heavy atom. The number of aryl methyl sites for hydroxylation is 1. The van der Waals surface area contributed by atoms with Gasteiger partial charge < -0.3 is 24.7 Å². The minimum absolute atomic E-state index is 0.0145. The number of carbonyl (C=O) groups excluding carboxylic acids is 1. The molecule has 34 heavy (non-hydrogen) atoms. The van der Waals surface area contributed by atoms with Gasteiger partial charge in [0.2, 0.25) is 5.95 Å². The van der Waals surface area contributed by atoms with Crippen LogP contribution in [0, 0.1) is 6.92 Å². The van der Waals surface area contributed by atoms with Crippen molar-refractivity contribution < 1.29 is 13.9 Å². The molecule has 0 bridgehead atoms. The molecule has 4 aromatic rings. The maximum Gasteiger partial charge on any atom is 0.417 e. The van der Waals surface area contributed by atoms with Crippen molar-refractivity contribution in [2.24, 2.45) is 0 Å². The Balaban J connectivity index is 1.40. The minimum Gasteiger partial charge on any atom is -0.497 e. The number of nitrogens with zero attached hydrogens (tertiary/aromatic N) is 3. The second-order valence-electron chi connectivity index (χ2n) is 8.15. The van der Waals surface area contributed by atoms with Gasteiger partial charge in [0.15, 0.2) is 5.58 Å². The van der Waals surface area contributed by atoms with Crippen molar-refractivity contribution in [1.82, 2.24) is 19.9 Å². The highest BCUT2D eigenvalue weighted by molar-refractivity contribution is 5.96. The maximum atomic E-state index is 12.9. The molecule has 3 N–H and O–H groups in total. The number of fused-ring (bicyclic) bond motifs is 1. The average molecular weight is 460 g/mol. The van der Waals surface area contributed by atoms with Crippen molar-refractivity contribution in [3.8, 4) is 5.75 Å². The number of benzene rings is 2. The number of hydrogen-bond acceptors (Lipinski definition) is 8. The Bertz CT molecular complexity index is 1420. The number of aromatic nitrogens is 3. The third-order valence-corrected chi connectivity index (χ3v) is 5.69. The summed E-state index contributed by atoms with van der Waals surface area (Å²) < 4.78 is 10.5. The first-order valence-corrected chi connectivity index (χ1v) is 11.0. The number of carbonyl (C=O) groups is 1. The van der Waals surface area contributed by atoms with Crippen molar-refractivity contribution in [3.63, 3.8) is 0 Å². The fraction of sp³-hybridized carbons (Fsp3) is 0.250. The predicted octanol–water partition coefficient (Wildman–Crippen LogP) is 3.95. The topological polar surface area (TPSA) is 125 Å².